The van der Waals surface area contributed by atoms with E-state index in [9.17, 15) is 19.2 Å². The summed E-state index contributed by atoms with van der Waals surface area (Å²) in [5, 5.41) is 2.66. The van der Waals surface area contributed by atoms with Crippen molar-refractivity contribution in [1.29, 1.82) is 0 Å². The molecule has 0 aliphatic carbocycles. The second-order valence-corrected chi connectivity index (χ2v) is 5.79. The number of nitrogens with one attached hydrogen (secondary N) is 1. The molecule has 0 fully saturated rings. The van der Waals surface area contributed by atoms with Crippen molar-refractivity contribution in [2.75, 3.05) is 6.54 Å². The second-order valence-electron chi connectivity index (χ2n) is 5.79. The Bertz CT molecular complexity index is 648. The van der Waals surface area contributed by atoms with Crippen molar-refractivity contribution >= 4 is 23.7 Å². The zero-order chi connectivity index (χ0) is 17.9. The molecule has 0 aromatic heterocycles. The molecule has 1 aromatic rings. The lowest BCUT2D eigenvalue weighted by atomic mass is 10.1. The highest BCUT2D eigenvalue weighted by Crippen LogP contribution is 2.22. The molecule has 7 nitrogen and oxygen atoms in total. The van der Waals surface area contributed by atoms with Crippen LogP contribution in [-0.4, -0.2) is 47.3 Å². The van der Waals surface area contributed by atoms with E-state index in [0.717, 1.165) is 4.90 Å². The first-order valence-electron chi connectivity index (χ1n) is 7.80. The Labute approximate surface area is 140 Å². The molecule has 0 saturated heterocycles. The van der Waals surface area contributed by atoms with Crippen LogP contribution in [0, 0.1) is 0 Å². The Morgan fingerprint density at radius 3 is 2.12 bits per heavy atom. The Balaban J connectivity index is 2.01. The maximum atomic E-state index is 12.2. The van der Waals surface area contributed by atoms with Crippen LogP contribution in [0.3, 0.4) is 0 Å². The Hall–Kier alpha value is -2.70. The van der Waals surface area contributed by atoms with Crippen molar-refractivity contribution in [3.8, 4) is 0 Å². The zero-order valence-corrected chi connectivity index (χ0v) is 13.9. The fourth-order valence-electron chi connectivity index (χ4n) is 2.41. The normalized spacial score (nSPS) is 14.6. The van der Waals surface area contributed by atoms with Gasteiger partial charge in [-0.2, -0.15) is 0 Å². The van der Waals surface area contributed by atoms with Gasteiger partial charge < -0.3 is 10.1 Å². The zero-order valence-electron chi connectivity index (χ0n) is 13.9. The van der Waals surface area contributed by atoms with Gasteiger partial charge in [-0.25, -0.2) is 0 Å². The van der Waals surface area contributed by atoms with Crippen LogP contribution in [0.1, 0.15) is 47.9 Å². The van der Waals surface area contributed by atoms with Crippen LogP contribution in [0.2, 0.25) is 0 Å². The molecule has 0 saturated carbocycles. The van der Waals surface area contributed by atoms with Gasteiger partial charge in [-0.1, -0.05) is 19.1 Å². The van der Waals surface area contributed by atoms with Gasteiger partial charge in [-0.05, 0) is 32.4 Å². The molecule has 3 amide bonds. The first-order chi connectivity index (χ1) is 11.3. The first-order valence-corrected chi connectivity index (χ1v) is 7.80. The van der Waals surface area contributed by atoms with Crippen LogP contribution in [0.4, 0.5) is 0 Å². The van der Waals surface area contributed by atoms with E-state index in [4.69, 9.17) is 4.74 Å². The average molecular weight is 332 g/mol. The van der Waals surface area contributed by atoms with Gasteiger partial charge >= 0.3 is 5.97 Å². The molecule has 1 aliphatic rings. The Kier molecular flexibility index (Phi) is 5.33. The third-order valence-corrected chi connectivity index (χ3v) is 3.53. The number of ether oxygens (including phenoxy) is 1. The largest absolute Gasteiger partial charge is 0.451 e. The lowest BCUT2D eigenvalue weighted by Gasteiger charge is -2.19. The predicted molar refractivity (Wildman–Crippen MR) is 85.3 cm³/mol. The monoisotopic (exact) mass is 332 g/mol. The van der Waals surface area contributed by atoms with Crippen molar-refractivity contribution in [3.05, 3.63) is 35.4 Å². The van der Waals surface area contributed by atoms with Gasteiger partial charge in [0.1, 0.15) is 6.54 Å². The smallest absolute Gasteiger partial charge is 0.327 e. The molecular weight excluding hydrogens is 312 g/mol. The van der Waals surface area contributed by atoms with Crippen molar-refractivity contribution in [2.24, 2.45) is 0 Å². The molecule has 1 aliphatic heterocycles. The third kappa shape index (κ3) is 3.61. The van der Waals surface area contributed by atoms with Gasteiger partial charge in [0.2, 0.25) is 0 Å². The van der Waals surface area contributed by atoms with Crippen molar-refractivity contribution in [2.45, 2.75) is 39.3 Å². The van der Waals surface area contributed by atoms with Crippen LogP contribution in [0.5, 0.6) is 0 Å². The highest BCUT2D eigenvalue weighted by Gasteiger charge is 2.37. The number of carbonyl (C=O) groups excluding carboxylic acids is 4. The lowest BCUT2D eigenvalue weighted by Crippen LogP contribution is -2.43. The minimum absolute atomic E-state index is 0.0820. The molecule has 1 aromatic carbocycles. The Morgan fingerprint density at radius 1 is 1.12 bits per heavy atom. The highest BCUT2D eigenvalue weighted by atomic mass is 16.5. The summed E-state index contributed by atoms with van der Waals surface area (Å²) in [4.78, 5) is 49.2. The number of fused-ring (bicyclic) bond motifs is 1. The van der Waals surface area contributed by atoms with E-state index in [1.165, 1.54) is 12.1 Å². The van der Waals surface area contributed by atoms with Crippen LogP contribution in [0.25, 0.3) is 0 Å². The maximum absolute atomic E-state index is 12.2. The molecule has 2 rings (SSSR count). The van der Waals surface area contributed by atoms with Gasteiger partial charge in [0.15, 0.2) is 6.10 Å². The molecule has 24 heavy (non-hydrogen) atoms. The van der Waals surface area contributed by atoms with Gasteiger partial charge in [0.25, 0.3) is 17.7 Å². The fraction of sp³-hybridized carbons (Fsp3) is 0.412. The molecular formula is C17H20N2O5. The summed E-state index contributed by atoms with van der Waals surface area (Å²) < 4.78 is 5.12. The van der Waals surface area contributed by atoms with Crippen molar-refractivity contribution < 1.29 is 23.9 Å². The third-order valence-electron chi connectivity index (χ3n) is 3.53. The molecule has 1 N–H and O–H groups in total. The van der Waals surface area contributed by atoms with Crippen molar-refractivity contribution in [1.82, 2.24) is 10.2 Å². The van der Waals surface area contributed by atoms with E-state index >= 15 is 0 Å². The highest BCUT2D eigenvalue weighted by molar-refractivity contribution is 6.22. The molecule has 0 bridgehead atoms. The van der Waals surface area contributed by atoms with Crippen LogP contribution < -0.4 is 5.32 Å². The van der Waals surface area contributed by atoms with Crippen LogP contribution in [0.15, 0.2) is 24.3 Å². The average Bonchev–Trinajstić information content (AvgIpc) is 2.77. The van der Waals surface area contributed by atoms with Crippen LogP contribution in [-0.2, 0) is 14.3 Å². The molecule has 128 valence electrons. The predicted octanol–water partition coefficient (Wildman–Crippen LogP) is 1.13. The Morgan fingerprint density at radius 2 is 1.67 bits per heavy atom. The molecule has 0 spiro atoms. The number of benzene rings is 1. The van der Waals surface area contributed by atoms with E-state index in [1.54, 1.807) is 32.9 Å². The minimum Gasteiger partial charge on any atom is -0.451 e. The summed E-state index contributed by atoms with van der Waals surface area (Å²) in [6.45, 7) is 4.79. The minimum atomic E-state index is -0.949. The molecule has 7 heteroatoms. The lowest BCUT2D eigenvalue weighted by molar-refractivity contribution is -0.156. The van der Waals surface area contributed by atoms with E-state index in [0.29, 0.717) is 6.42 Å². The fourth-order valence-corrected chi connectivity index (χ4v) is 2.41. The maximum Gasteiger partial charge on any atom is 0.327 e. The van der Waals surface area contributed by atoms with Gasteiger partial charge in [-0.3, -0.25) is 24.1 Å². The molecule has 1 heterocycles. The number of imide groups is 1. The summed E-state index contributed by atoms with van der Waals surface area (Å²) in [5.74, 6) is -2.27. The number of hydrogen-bond donors (Lipinski definition) is 1. The summed E-state index contributed by atoms with van der Waals surface area (Å²) in [7, 11) is 0. The van der Waals surface area contributed by atoms with E-state index in [-0.39, 0.29) is 17.2 Å². The number of nitrogens with zero attached hydrogens (tertiary/aromatic N) is 1. The number of carbonyl (C=O) groups is 4. The van der Waals surface area contributed by atoms with Gasteiger partial charge in [0.05, 0.1) is 11.1 Å². The van der Waals surface area contributed by atoms with Gasteiger partial charge in [0, 0.05) is 6.04 Å². The molecule has 1 unspecified atom stereocenters. The summed E-state index contributed by atoms with van der Waals surface area (Å²) in [6, 6.07) is 6.28. The SMILES string of the molecule is CCC(OC(=O)CN1C(=O)c2ccccc2C1=O)C(=O)NC(C)C. The van der Waals surface area contributed by atoms with E-state index < -0.39 is 36.3 Å². The number of hydrogen-bond acceptors (Lipinski definition) is 5. The van der Waals surface area contributed by atoms with Crippen molar-refractivity contribution in [3.63, 3.8) is 0 Å². The van der Waals surface area contributed by atoms with E-state index in [1.807, 2.05) is 0 Å². The first kappa shape index (κ1) is 17.7. The number of rotatable bonds is 6. The van der Waals surface area contributed by atoms with Crippen LogP contribution >= 0.6 is 0 Å². The second kappa shape index (κ2) is 7.25. The topological polar surface area (TPSA) is 92.8 Å². The molecule has 0 radical (unpaired) electrons. The number of esters is 1. The number of amides is 3. The standard InChI is InChI=1S/C17H20N2O5/c1-4-13(15(21)18-10(2)3)24-14(20)9-19-16(22)11-7-5-6-8-12(11)17(19)23/h5-8,10,13H,4,9H2,1-3H3,(H,18,21). The molecule has 1 atom stereocenters. The summed E-state index contributed by atoms with van der Waals surface area (Å²) in [5.41, 5.74) is 0.528. The van der Waals surface area contributed by atoms with Gasteiger partial charge in [-0.15, -0.1) is 0 Å². The quantitative estimate of drug-likeness (QED) is 0.623. The summed E-state index contributed by atoms with van der Waals surface area (Å²) in [6.07, 6.45) is -0.651. The van der Waals surface area contributed by atoms with E-state index in [2.05, 4.69) is 5.32 Å². The summed E-state index contributed by atoms with van der Waals surface area (Å²) >= 11 is 0.